The fourth-order valence-corrected chi connectivity index (χ4v) is 4.61. The van der Waals surface area contributed by atoms with Crippen molar-refractivity contribution in [2.45, 2.75) is 41.9 Å². The van der Waals surface area contributed by atoms with E-state index in [0.29, 0.717) is 0 Å². The van der Waals surface area contributed by atoms with E-state index in [9.17, 15) is 17.6 Å². The van der Waals surface area contributed by atoms with Crippen LogP contribution in [0, 0.1) is 5.82 Å². The number of carbonyl (C=O) groups excluding carboxylic acids is 1. The summed E-state index contributed by atoms with van der Waals surface area (Å²) in [5, 5.41) is 2.34. The molecule has 120 valence electrons. The van der Waals surface area contributed by atoms with Crippen LogP contribution in [0.15, 0.2) is 29.2 Å². The normalized spacial score (nSPS) is 20.0. The second kappa shape index (κ2) is 5.87. The molecule has 0 bridgehead atoms. The van der Waals surface area contributed by atoms with E-state index in [4.69, 9.17) is 0 Å². The molecule has 1 saturated carbocycles. The highest BCUT2D eigenvalue weighted by Crippen LogP contribution is 2.25. The van der Waals surface area contributed by atoms with Gasteiger partial charge in [-0.2, -0.15) is 0 Å². The van der Waals surface area contributed by atoms with Crippen LogP contribution < -0.4 is 5.32 Å². The van der Waals surface area contributed by atoms with Gasteiger partial charge in [0, 0.05) is 19.1 Å². The topological polar surface area (TPSA) is 66.5 Å². The lowest BCUT2D eigenvalue weighted by atomic mass is 10.2. The van der Waals surface area contributed by atoms with E-state index < -0.39 is 20.9 Å². The van der Waals surface area contributed by atoms with E-state index in [1.54, 1.807) is 0 Å². The summed E-state index contributed by atoms with van der Waals surface area (Å²) in [6.07, 6.45) is 4.26. The lowest BCUT2D eigenvalue weighted by Crippen LogP contribution is -2.60. The number of halogens is 1. The van der Waals surface area contributed by atoms with Gasteiger partial charge in [-0.15, -0.1) is 0 Å². The van der Waals surface area contributed by atoms with E-state index in [0.717, 1.165) is 37.8 Å². The fourth-order valence-electron chi connectivity index (χ4n) is 2.95. The number of benzene rings is 1. The van der Waals surface area contributed by atoms with Crippen molar-refractivity contribution in [3.05, 3.63) is 30.1 Å². The summed E-state index contributed by atoms with van der Waals surface area (Å²) in [6.45, 7) is 0.385. The van der Waals surface area contributed by atoms with Gasteiger partial charge in [-0.25, -0.2) is 17.6 Å². The van der Waals surface area contributed by atoms with Crippen molar-refractivity contribution in [2.75, 3.05) is 13.1 Å². The number of hydrogen-bond donors (Lipinski definition) is 1. The molecule has 2 fully saturated rings. The molecule has 0 radical (unpaired) electrons. The zero-order valence-corrected chi connectivity index (χ0v) is 13.0. The average molecular weight is 326 g/mol. The SMILES string of the molecule is O=C(NC1CCCC1)N1CC(S(=O)(=O)c2ccc(F)cc2)C1. The molecule has 1 N–H and O–H groups in total. The van der Waals surface area contributed by atoms with Gasteiger partial charge in [-0.1, -0.05) is 12.8 Å². The molecule has 1 heterocycles. The van der Waals surface area contributed by atoms with E-state index in [1.165, 1.54) is 17.0 Å². The molecule has 1 aliphatic heterocycles. The summed E-state index contributed by atoms with van der Waals surface area (Å²) < 4.78 is 37.6. The highest BCUT2D eigenvalue weighted by molar-refractivity contribution is 7.92. The third-order valence-electron chi connectivity index (χ3n) is 4.40. The highest BCUT2D eigenvalue weighted by Gasteiger charge is 2.41. The van der Waals surface area contributed by atoms with E-state index in [2.05, 4.69) is 5.32 Å². The third-order valence-corrected chi connectivity index (χ3v) is 6.50. The van der Waals surface area contributed by atoms with Gasteiger partial charge >= 0.3 is 6.03 Å². The quantitative estimate of drug-likeness (QED) is 0.863. The number of amides is 2. The molecule has 3 rings (SSSR count). The van der Waals surface area contributed by atoms with Gasteiger partial charge in [0.25, 0.3) is 0 Å². The first-order chi connectivity index (χ1) is 10.5. The predicted octanol–water partition coefficient (Wildman–Crippen LogP) is 1.94. The predicted molar refractivity (Wildman–Crippen MR) is 79.7 cm³/mol. The van der Waals surface area contributed by atoms with Crippen LogP contribution in [0.5, 0.6) is 0 Å². The fraction of sp³-hybridized carbons (Fsp3) is 0.533. The number of nitrogens with one attached hydrogen (secondary N) is 1. The number of carbonyl (C=O) groups is 1. The van der Waals surface area contributed by atoms with Crippen LogP contribution in [-0.4, -0.2) is 43.7 Å². The number of likely N-dealkylation sites (tertiary alicyclic amines) is 1. The molecule has 1 aromatic rings. The number of urea groups is 1. The molecule has 0 atom stereocenters. The van der Waals surface area contributed by atoms with E-state index in [1.807, 2.05) is 0 Å². The van der Waals surface area contributed by atoms with Crippen LogP contribution in [0.1, 0.15) is 25.7 Å². The zero-order valence-electron chi connectivity index (χ0n) is 12.2. The molecule has 0 aromatic heterocycles. The van der Waals surface area contributed by atoms with Crippen LogP contribution in [0.4, 0.5) is 9.18 Å². The molecular weight excluding hydrogens is 307 g/mol. The maximum atomic E-state index is 12.9. The maximum absolute atomic E-state index is 12.9. The van der Waals surface area contributed by atoms with Gasteiger partial charge in [0.1, 0.15) is 11.1 Å². The van der Waals surface area contributed by atoms with Crippen molar-refractivity contribution in [2.24, 2.45) is 0 Å². The summed E-state index contributed by atoms with van der Waals surface area (Å²) in [6, 6.07) is 4.85. The minimum atomic E-state index is -3.50. The Hall–Kier alpha value is -1.63. The summed E-state index contributed by atoms with van der Waals surface area (Å²) in [5.41, 5.74) is 0. The van der Waals surface area contributed by atoms with Crippen molar-refractivity contribution in [1.29, 1.82) is 0 Å². The Labute approximate surface area is 129 Å². The second-order valence-corrected chi connectivity index (χ2v) is 8.18. The Bertz CT molecular complexity index is 648. The Morgan fingerprint density at radius 3 is 2.32 bits per heavy atom. The average Bonchev–Trinajstić information content (AvgIpc) is 2.90. The standard InChI is InChI=1S/C15H19FN2O3S/c16-11-5-7-13(8-6-11)22(20,21)14-9-18(10-14)15(19)17-12-3-1-2-4-12/h5-8,12,14H,1-4,9-10H2,(H,17,19). The maximum Gasteiger partial charge on any atom is 0.317 e. The van der Waals surface area contributed by atoms with Crippen LogP contribution in [0.25, 0.3) is 0 Å². The van der Waals surface area contributed by atoms with Crippen molar-refractivity contribution in [3.8, 4) is 0 Å². The number of rotatable bonds is 3. The Balaban J connectivity index is 1.57. The van der Waals surface area contributed by atoms with Crippen LogP contribution in [0.2, 0.25) is 0 Å². The summed E-state index contributed by atoms with van der Waals surface area (Å²) >= 11 is 0. The molecule has 0 spiro atoms. The first-order valence-corrected chi connectivity index (χ1v) is 9.06. The first kappa shape index (κ1) is 15.3. The van der Waals surface area contributed by atoms with Gasteiger partial charge in [0.2, 0.25) is 0 Å². The number of nitrogens with zero attached hydrogens (tertiary/aromatic N) is 1. The minimum Gasteiger partial charge on any atom is -0.335 e. The van der Waals surface area contributed by atoms with Crippen molar-refractivity contribution in [1.82, 2.24) is 10.2 Å². The van der Waals surface area contributed by atoms with Crippen molar-refractivity contribution < 1.29 is 17.6 Å². The van der Waals surface area contributed by atoms with Gasteiger partial charge in [0.05, 0.1) is 4.90 Å². The smallest absolute Gasteiger partial charge is 0.317 e. The summed E-state index contributed by atoms with van der Waals surface area (Å²) in [4.78, 5) is 13.6. The van der Waals surface area contributed by atoms with E-state index in [-0.39, 0.29) is 30.1 Å². The van der Waals surface area contributed by atoms with Crippen molar-refractivity contribution in [3.63, 3.8) is 0 Å². The summed E-state index contributed by atoms with van der Waals surface area (Å²) in [5.74, 6) is -0.467. The Morgan fingerprint density at radius 1 is 1.14 bits per heavy atom. The van der Waals surface area contributed by atoms with E-state index >= 15 is 0 Å². The number of hydrogen-bond acceptors (Lipinski definition) is 3. The molecule has 0 unspecified atom stereocenters. The molecule has 5 nitrogen and oxygen atoms in total. The van der Waals surface area contributed by atoms with Crippen LogP contribution in [-0.2, 0) is 9.84 Å². The lowest BCUT2D eigenvalue weighted by molar-refractivity contribution is 0.165. The molecule has 1 aliphatic carbocycles. The largest absolute Gasteiger partial charge is 0.335 e. The Morgan fingerprint density at radius 2 is 1.73 bits per heavy atom. The molecule has 1 aromatic carbocycles. The van der Waals surface area contributed by atoms with Gasteiger partial charge in [0.15, 0.2) is 9.84 Å². The molecule has 2 aliphatic rings. The Kier molecular flexibility index (Phi) is 4.08. The van der Waals surface area contributed by atoms with Gasteiger partial charge in [-0.05, 0) is 37.1 Å². The molecule has 1 saturated heterocycles. The monoisotopic (exact) mass is 326 g/mol. The van der Waals surface area contributed by atoms with Crippen LogP contribution >= 0.6 is 0 Å². The van der Waals surface area contributed by atoms with Crippen molar-refractivity contribution >= 4 is 15.9 Å². The highest BCUT2D eigenvalue weighted by atomic mass is 32.2. The molecule has 2 amide bonds. The second-order valence-electron chi connectivity index (χ2n) is 5.96. The molecule has 7 heteroatoms. The van der Waals surface area contributed by atoms with Gasteiger partial charge < -0.3 is 10.2 Å². The third kappa shape index (κ3) is 2.95. The first-order valence-electron chi connectivity index (χ1n) is 7.52. The lowest BCUT2D eigenvalue weighted by Gasteiger charge is -2.39. The summed E-state index contributed by atoms with van der Waals surface area (Å²) in [7, 11) is -3.50. The molecule has 22 heavy (non-hydrogen) atoms. The molecular formula is C15H19FN2O3S. The zero-order chi connectivity index (χ0) is 15.7. The van der Waals surface area contributed by atoms with Crippen LogP contribution in [0.3, 0.4) is 0 Å². The van der Waals surface area contributed by atoms with Gasteiger partial charge in [-0.3, -0.25) is 0 Å². The minimum absolute atomic E-state index is 0.106. The number of sulfone groups is 1.